The fraction of sp³-hybridized carbons (Fsp3) is 0.364. The first-order valence-electron chi connectivity index (χ1n) is 10.3. The second kappa shape index (κ2) is 9.93. The van der Waals surface area contributed by atoms with Gasteiger partial charge >= 0.3 is 0 Å². The molecule has 2 aromatic rings. The van der Waals surface area contributed by atoms with Crippen molar-refractivity contribution in [2.45, 2.75) is 25.3 Å². The number of carbonyl (C=O) groups excluding carboxylic acids is 2. The molecule has 1 heterocycles. The molecule has 166 valence electrons. The van der Waals surface area contributed by atoms with Gasteiger partial charge in [-0.15, -0.1) is 0 Å². The summed E-state index contributed by atoms with van der Waals surface area (Å²) in [7, 11) is -3.71. The smallest absolute Gasteiger partial charge is 0.253 e. The lowest BCUT2D eigenvalue weighted by molar-refractivity contribution is -0.120. The van der Waals surface area contributed by atoms with Crippen LogP contribution in [0.5, 0.6) is 0 Å². The molecule has 0 atom stereocenters. The minimum atomic E-state index is -3.71. The lowest BCUT2D eigenvalue weighted by atomic mass is 10.2. The molecule has 0 unspecified atom stereocenters. The van der Waals surface area contributed by atoms with Crippen LogP contribution >= 0.6 is 0 Å². The molecule has 1 aliphatic rings. The Kier molecular flexibility index (Phi) is 7.29. The summed E-state index contributed by atoms with van der Waals surface area (Å²) in [6.45, 7) is 6.81. The third-order valence-electron chi connectivity index (χ3n) is 5.27. The predicted molar refractivity (Wildman–Crippen MR) is 119 cm³/mol. The maximum atomic E-state index is 12.6. The van der Waals surface area contributed by atoms with Crippen molar-refractivity contribution in [1.82, 2.24) is 14.9 Å². The fourth-order valence-corrected chi connectivity index (χ4v) is 4.43. The Labute approximate surface area is 183 Å². The van der Waals surface area contributed by atoms with Crippen molar-refractivity contribution < 1.29 is 18.0 Å². The number of piperazine rings is 1. The highest BCUT2D eigenvalue weighted by atomic mass is 32.2. The molecular formula is C22H28N4O4S. The molecule has 0 aromatic heterocycles. The minimum Gasteiger partial charge on any atom is -0.360 e. The summed E-state index contributed by atoms with van der Waals surface area (Å²) in [5.41, 5.74) is 2.20. The largest absolute Gasteiger partial charge is 0.360 e. The molecule has 1 saturated heterocycles. The molecule has 2 N–H and O–H groups in total. The van der Waals surface area contributed by atoms with Crippen molar-refractivity contribution >= 4 is 27.5 Å². The van der Waals surface area contributed by atoms with E-state index in [1.165, 1.54) is 12.1 Å². The van der Waals surface area contributed by atoms with E-state index in [0.717, 1.165) is 17.8 Å². The third kappa shape index (κ3) is 5.62. The number of nitrogens with one attached hydrogen (secondary N) is 2. The highest BCUT2D eigenvalue weighted by Crippen LogP contribution is 2.17. The van der Waals surface area contributed by atoms with Crippen LogP contribution in [0.1, 0.15) is 29.8 Å². The van der Waals surface area contributed by atoms with Gasteiger partial charge in [-0.2, -0.15) is 0 Å². The Morgan fingerprint density at radius 1 is 1.06 bits per heavy atom. The molecule has 9 heteroatoms. The van der Waals surface area contributed by atoms with Crippen LogP contribution in [0, 0.1) is 0 Å². The average molecular weight is 445 g/mol. The van der Waals surface area contributed by atoms with Gasteiger partial charge in [0.15, 0.2) is 0 Å². The second-order valence-electron chi connectivity index (χ2n) is 7.26. The molecule has 3 rings (SSSR count). The maximum absolute atomic E-state index is 12.6. The number of benzene rings is 2. The van der Waals surface area contributed by atoms with Gasteiger partial charge in [-0.25, -0.2) is 13.1 Å². The molecule has 0 radical (unpaired) electrons. The van der Waals surface area contributed by atoms with E-state index in [2.05, 4.69) is 10.0 Å². The number of rotatable bonds is 8. The topological polar surface area (TPSA) is 98.8 Å². The highest BCUT2D eigenvalue weighted by Gasteiger charge is 2.18. The van der Waals surface area contributed by atoms with Crippen molar-refractivity contribution in [2.24, 2.45) is 0 Å². The van der Waals surface area contributed by atoms with Crippen LogP contribution in [0.25, 0.3) is 0 Å². The predicted octanol–water partition coefficient (Wildman–Crippen LogP) is 1.58. The van der Waals surface area contributed by atoms with Crippen molar-refractivity contribution in [3.05, 3.63) is 59.7 Å². The van der Waals surface area contributed by atoms with Gasteiger partial charge in [0.05, 0.1) is 11.4 Å². The van der Waals surface area contributed by atoms with Crippen LogP contribution in [0.4, 0.5) is 5.69 Å². The van der Waals surface area contributed by atoms with Gasteiger partial charge in [-0.3, -0.25) is 9.59 Å². The van der Waals surface area contributed by atoms with E-state index >= 15 is 0 Å². The number of amides is 2. The van der Waals surface area contributed by atoms with Gasteiger partial charge < -0.3 is 15.1 Å². The van der Waals surface area contributed by atoms with Gasteiger partial charge in [0.2, 0.25) is 15.9 Å². The molecule has 0 saturated carbocycles. The Morgan fingerprint density at radius 2 is 1.71 bits per heavy atom. The van der Waals surface area contributed by atoms with Gasteiger partial charge in [-0.05, 0) is 55.8 Å². The number of carbonyl (C=O) groups is 2. The molecule has 31 heavy (non-hydrogen) atoms. The van der Waals surface area contributed by atoms with Crippen molar-refractivity contribution in [1.29, 1.82) is 0 Å². The average Bonchev–Trinajstić information content (AvgIpc) is 2.79. The molecule has 1 fully saturated rings. The number of hydrogen-bond donors (Lipinski definition) is 2. The van der Waals surface area contributed by atoms with E-state index in [0.29, 0.717) is 31.7 Å². The van der Waals surface area contributed by atoms with Crippen LogP contribution < -0.4 is 14.9 Å². The van der Waals surface area contributed by atoms with Crippen molar-refractivity contribution in [3.63, 3.8) is 0 Å². The van der Waals surface area contributed by atoms with Crippen LogP contribution in [0.2, 0.25) is 0 Å². The fourth-order valence-electron chi connectivity index (χ4n) is 3.42. The highest BCUT2D eigenvalue weighted by molar-refractivity contribution is 7.89. The van der Waals surface area contributed by atoms with E-state index < -0.39 is 10.0 Å². The number of hydrogen-bond acceptors (Lipinski definition) is 5. The SMILES string of the molecule is CCN(CC)C(=O)c1ccc(S(=O)(=O)NCc2ccc(N3CCNC(=O)C3)cc2)cc1. The van der Waals surface area contributed by atoms with Gasteiger partial charge in [0.25, 0.3) is 5.91 Å². The summed E-state index contributed by atoms with van der Waals surface area (Å²) < 4.78 is 27.8. The maximum Gasteiger partial charge on any atom is 0.253 e. The first-order valence-corrected chi connectivity index (χ1v) is 11.8. The van der Waals surface area contributed by atoms with E-state index in [4.69, 9.17) is 0 Å². The Bertz CT molecular complexity index is 1020. The van der Waals surface area contributed by atoms with Crippen LogP contribution in [-0.4, -0.2) is 57.9 Å². The summed E-state index contributed by atoms with van der Waals surface area (Å²) >= 11 is 0. The molecule has 0 bridgehead atoms. The quantitative estimate of drug-likeness (QED) is 0.644. The summed E-state index contributed by atoms with van der Waals surface area (Å²) in [5, 5.41) is 2.79. The Balaban J connectivity index is 1.62. The number of sulfonamides is 1. The summed E-state index contributed by atoms with van der Waals surface area (Å²) in [4.78, 5) is 27.7. The minimum absolute atomic E-state index is 0.00657. The molecule has 0 spiro atoms. The summed E-state index contributed by atoms with van der Waals surface area (Å²) in [5.74, 6) is -0.124. The van der Waals surface area contributed by atoms with Crippen LogP contribution in [0.3, 0.4) is 0 Å². The molecule has 1 aliphatic heterocycles. The monoisotopic (exact) mass is 444 g/mol. The lowest BCUT2D eigenvalue weighted by Gasteiger charge is -2.28. The van der Waals surface area contributed by atoms with Gasteiger partial charge in [0.1, 0.15) is 0 Å². The third-order valence-corrected chi connectivity index (χ3v) is 6.69. The molecule has 8 nitrogen and oxygen atoms in total. The zero-order chi connectivity index (χ0) is 22.4. The zero-order valence-electron chi connectivity index (χ0n) is 17.8. The van der Waals surface area contributed by atoms with Crippen LogP contribution in [0.15, 0.2) is 53.4 Å². The number of nitrogens with zero attached hydrogens (tertiary/aromatic N) is 2. The number of anilines is 1. The van der Waals surface area contributed by atoms with Crippen molar-refractivity contribution in [3.8, 4) is 0 Å². The van der Waals surface area contributed by atoms with E-state index in [1.807, 2.05) is 43.0 Å². The van der Waals surface area contributed by atoms with Gasteiger partial charge in [-0.1, -0.05) is 12.1 Å². The molecule has 0 aliphatic carbocycles. The molecule has 2 aromatic carbocycles. The van der Waals surface area contributed by atoms with Gasteiger partial charge in [0, 0.05) is 44.0 Å². The molecular weight excluding hydrogens is 416 g/mol. The lowest BCUT2D eigenvalue weighted by Crippen LogP contribution is -2.47. The first kappa shape index (κ1) is 22.8. The van der Waals surface area contributed by atoms with E-state index in [1.54, 1.807) is 17.0 Å². The first-order chi connectivity index (χ1) is 14.8. The Hall–Kier alpha value is -2.91. The normalized spacial score (nSPS) is 14.3. The summed E-state index contributed by atoms with van der Waals surface area (Å²) in [6.07, 6.45) is 0. The van der Waals surface area contributed by atoms with Crippen LogP contribution in [-0.2, 0) is 21.4 Å². The zero-order valence-corrected chi connectivity index (χ0v) is 18.6. The summed E-state index contributed by atoms with van der Waals surface area (Å²) in [6, 6.07) is 13.4. The standard InChI is InChI=1S/C22H28N4O4S/c1-3-25(4-2)22(28)18-7-11-20(12-8-18)31(29,30)24-15-17-5-9-19(10-6-17)26-14-13-23-21(27)16-26/h5-12,24H,3-4,13-16H2,1-2H3,(H,23,27). The Morgan fingerprint density at radius 3 is 2.29 bits per heavy atom. The van der Waals surface area contributed by atoms with E-state index in [9.17, 15) is 18.0 Å². The van der Waals surface area contributed by atoms with Crippen molar-refractivity contribution in [2.75, 3.05) is 37.6 Å². The van der Waals surface area contributed by atoms with E-state index in [-0.39, 0.29) is 23.3 Å². The molecule has 2 amide bonds. The second-order valence-corrected chi connectivity index (χ2v) is 9.03.